The summed E-state index contributed by atoms with van der Waals surface area (Å²) in [5.41, 5.74) is 1.40. The number of anilines is 1. The Kier molecular flexibility index (Phi) is 4.71. The first kappa shape index (κ1) is 14.6. The Morgan fingerprint density at radius 1 is 1.09 bits per heavy atom. The number of hydrogen-bond donors (Lipinski definition) is 1. The van der Waals surface area contributed by atoms with Gasteiger partial charge in [0.15, 0.2) is 0 Å². The van der Waals surface area contributed by atoms with Crippen LogP contribution >= 0.6 is 0 Å². The third-order valence-electron chi connectivity index (χ3n) is 3.65. The number of carbonyl (C=O) groups excluding carboxylic acids is 1. The lowest BCUT2D eigenvalue weighted by Gasteiger charge is -2.25. The van der Waals surface area contributed by atoms with E-state index in [1.165, 1.54) is 0 Å². The van der Waals surface area contributed by atoms with Gasteiger partial charge in [-0.1, -0.05) is 18.2 Å². The van der Waals surface area contributed by atoms with Gasteiger partial charge in [-0.15, -0.1) is 0 Å². The molecule has 0 saturated carbocycles. The molecule has 1 aliphatic heterocycles. The van der Waals surface area contributed by atoms with Crippen LogP contribution in [0.4, 0.5) is 5.69 Å². The first-order valence-corrected chi connectivity index (χ1v) is 7.48. The van der Waals surface area contributed by atoms with Crippen LogP contribution in [0.3, 0.4) is 0 Å². The van der Waals surface area contributed by atoms with Crippen molar-refractivity contribution in [3.63, 3.8) is 0 Å². The molecule has 0 aromatic heterocycles. The Labute approximate surface area is 130 Å². The van der Waals surface area contributed by atoms with Crippen molar-refractivity contribution >= 4 is 11.6 Å². The maximum atomic E-state index is 12.0. The van der Waals surface area contributed by atoms with E-state index in [2.05, 4.69) is 5.32 Å². The summed E-state index contributed by atoms with van der Waals surface area (Å²) in [4.78, 5) is 12.0. The normalized spacial score (nSPS) is 14.2. The van der Waals surface area contributed by atoms with Gasteiger partial charge in [0.1, 0.15) is 5.75 Å². The molecule has 1 saturated heterocycles. The van der Waals surface area contributed by atoms with E-state index in [1.807, 2.05) is 42.5 Å². The number of ether oxygens (including phenoxy) is 2. The van der Waals surface area contributed by atoms with Gasteiger partial charge in [-0.2, -0.15) is 0 Å². The molecule has 1 fully saturated rings. The molecular formula is C18H19NO3. The van der Waals surface area contributed by atoms with Crippen molar-refractivity contribution in [3.05, 3.63) is 60.2 Å². The highest BCUT2D eigenvalue weighted by Gasteiger charge is 2.17. The summed E-state index contributed by atoms with van der Waals surface area (Å²) >= 11 is 0. The smallest absolute Gasteiger partial charge is 0.255 e. The van der Waals surface area contributed by atoms with E-state index in [1.54, 1.807) is 12.1 Å². The standard InChI is InChI=1S/C18H19NO3/c20-18(15-4-2-1-3-5-15)19-16-6-8-17(9-7-16)22-11-10-14-12-21-13-14/h1-9,14H,10-13H2,(H,19,20). The van der Waals surface area contributed by atoms with Crippen molar-refractivity contribution in [2.24, 2.45) is 5.92 Å². The zero-order valence-corrected chi connectivity index (χ0v) is 12.3. The molecule has 1 amide bonds. The van der Waals surface area contributed by atoms with Gasteiger partial charge in [0.25, 0.3) is 5.91 Å². The molecule has 0 bridgehead atoms. The topological polar surface area (TPSA) is 47.6 Å². The molecule has 22 heavy (non-hydrogen) atoms. The Morgan fingerprint density at radius 3 is 2.45 bits per heavy atom. The van der Waals surface area contributed by atoms with E-state index in [4.69, 9.17) is 9.47 Å². The van der Waals surface area contributed by atoms with Gasteiger partial charge in [-0.05, 0) is 42.8 Å². The SMILES string of the molecule is O=C(Nc1ccc(OCCC2COC2)cc1)c1ccccc1. The fourth-order valence-electron chi connectivity index (χ4n) is 2.22. The molecule has 0 radical (unpaired) electrons. The maximum Gasteiger partial charge on any atom is 0.255 e. The lowest BCUT2D eigenvalue weighted by molar-refractivity contribution is -0.0401. The van der Waals surface area contributed by atoms with Crippen molar-refractivity contribution in [1.82, 2.24) is 0 Å². The fraction of sp³-hybridized carbons (Fsp3) is 0.278. The summed E-state index contributed by atoms with van der Waals surface area (Å²) in [7, 11) is 0. The molecule has 2 aromatic rings. The zero-order chi connectivity index (χ0) is 15.2. The first-order chi connectivity index (χ1) is 10.8. The molecular weight excluding hydrogens is 278 g/mol. The minimum atomic E-state index is -0.112. The number of amides is 1. The number of benzene rings is 2. The van der Waals surface area contributed by atoms with E-state index in [-0.39, 0.29) is 5.91 Å². The quantitative estimate of drug-likeness (QED) is 0.889. The molecule has 0 aliphatic carbocycles. The van der Waals surface area contributed by atoms with Crippen LogP contribution in [0.2, 0.25) is 0 Å². The van der Waals surface area contributed by atoms with Crippen molar-refractivity contribution in [2.45, 2.75) is 6.42 Å². The largest absolute Gasteiger partial charge is 0.494 e. The van der Waals surface area contributed by atoms with E-state index >= 15 is 0 Å². The van der Waals surface area contributed by atoms with Crippen molar-refractivity contribution < 1.29 is 14.3 Å². The Balaban J connectivity index is 1.49. The van der Waals surface area contributed by atoms with Gasteiger partial charge in [0.2, 0.25) is 0 Å². The van der Waals surface area contributed by atoms with Crippen LogP contribution in [-0.4, -0.2) is 25.7 Å². The lowest BCUT2D eigenvalue weighted by atomic mass is 10.1. The Bertz CT molecular complexity index is 606. The summed E-state index contributed by atoms with van der Waals surface area (Å²) < 4.78 is 10.8. The molecule has 4 nitrogen and oxygen atoms in total. The number of rotatable bonds is 6. The van der Waals surface area contributed by atoms with E-state index in [0.29, 0.717) is 18.1 Å². The number of hydrogen-bond acceptors (Lipinski definition) is 3. The first-order valence-electron chi connectivity index (χ1n) is 7.48. The number of carbonyl (C=O) groups is 1. The zero-order valence-electron chi connectivity index (χ0n) is 12.3. The summed E-state index contributed by atoms with van der Waals surface area (Å²) in [6.45, 7) is 2.41. The van der Waals surface area contributed by atoms with E-state index < -0.39 is 0 Å². The number of nitrogens with one attached hydrogen (secondary N) is 1. The predicted molar refractivity (Wildman–Crippen MR) is 85.3 cm³/mol. The summed E-state index contributed by atoms with van der Waals surface area (Å²) in [6.07, 6.45) is 1.02. The summed E-state index contributed by atoms with van der Waals surface area (Å²) in [6, 6.07) is 16.6. The second-order valence-corrected chi connectivity index (χ2v) is 5.39. The molecule has 2 aromatic carbocycles. The predicted octanol–water partition coefficient (Wildman–Crippen LogP) is 3.35. The van der Waals surface area contributed by atoms with Crippen molar-refractivity contribution in [1.29, 1.82) is 0 Å². The molecule has 114 valence electrons. The highest BCUT2D eigenvalue weighted by atomic mass is 16.5. The van der Waals surface area contributed by atoms with Gasteiger partial charge in [0, 0.05) is 17.2 Å². The van der Waals surface area contributed by atoms with Crippen LogP contribution in [0.1, 0.15) is 16.8 Å². The summed E-state index contributed by atoms with van der Waals surface area (Å²) in [5.74, 6) is 1.35. The molecule has 3 rings (SSSR count). The van der Waals surface area contributed by atoms with Gasteiger partial charge in [0.05, 0.1) is 19.8 Å². The Morgan fingerprint density at radius 2 is 1.82 bits per heavy atom. The van der Waals surface area contributed by atoms with Gasteiger partial charge < -0.3 is 14.8 Å². The fourth-order valence-corrected chi connectivity index (χ4v) is 2.22. The van der Waals surface area contributed by atoms with Gasteiger partial charge in [-0.25, -0.2) is 0 Å². The van der Waals surface area contributed by atoms with Crippen LogP contribution in [0.15, 0.2) is 54.6 Å². The average molecular weight is 297 g/mol. The summed E-state index contributed by atoms with van der Waals surface area (Å²) in [5, 5.41) is 2.87. The maximum absolute atomic E-state index is 12.0. The third kappa shape index (κ3) is 3.86. The van der Waals surface area contributed by atoms with Gasteiger partial charge in [-0.3, -0.25) is 4.79 Å². The third-order valence-corrected chi connectivity index (χ3v) is 3.65. The van der Waals surface area contributed by atoms with Crippen LogP contribution in [0.25, 0.3) is 0 Å². The Hall–Kier alpha value is -2.33. The van der Waals surface area contributed by atoms with Crippen LogP contribution in [0.5, 0.6) is 5.75 Å². The van der Waals surface area contributed by atoms with Crippen molar-refractivity contribution in [2.75, 3.05) is 25.1 Å². The van der Waals surface area contributed by atoms with Crippen LogP contribution in [0, 0.1) is 5.92 Å². The molecule has 1 N–H and O–H groups in total. The monoisotopic (exact) mass is 297 g/mol. The highest BCUT2D eigenvalue weighted by Crippen LogP contribution is 2.19. The van der Waals surface area contributed by atoms with Gasteiger partial charge >= 0.3 is 0 Å². The van der Waals surface area contributed by atoms with Crippen LogP contribution < -0.4 is 10.1 Å². The molecule has 0 unspecified atom stereocenters. The van der Waals surface area contributed by atoms with E-state index in [0.717, 1.165) is 31.1 Å². The van der Waals surface area contributed by atoms with E-state index in [9.17, 15) is 4.79 Å². The minimum Gasteiger partial charge on any atom is -0.494 e. The highest BCUT2D eigenvalue weighted by molar-refractivity contribution is 6.04. The second-order valence-electron chi connectivity index (χ2n) is 5.39. The average Bonchev–Trinajstić information content (AvgIpc) is 2.52. The van der Waals surface area contributed by atoms with Crippen molar-refractivity contribution in [3.8, 4) is 5.75 Å². The molecule has 1 aliphatic rings. The molecule has 1 heterocycles. The molecule has 0 spiro atoms. The second kappa shape index (κ2) is 7.09. The molecule has 0 atom stereocenters. The lowest BCUT2D eigenvalue weighted by Crippen LogP contribution is -2.28. The minimum absolute atomic E-state index is 0.112. The van der Waals surface area contributed by atoms with Crippen LogP contribution in [-0.2, 0) is 4.74 Å². The molecule has 4 heteroatoms.